The normalized spacial score (nSPS) is 18.5. The highest BCUT2D eigenvalue weighted by Gasteiger charge is 2.26. The van der Waals surface area contributed by atoms with E-state index in [0.717, 1.165) is 18.2 Å². The quantitative estimate of drug-likeness (QED) is 0.671. The van der Waals surface area contributed by atoms with Gasteiger partial charge in [-0.3, -0.25) is 0 Å². The van der Waals surface area contributed by atoms with Gasteiger partial charge in [-0.2, -0.15) is 0 Å². The fraction of sp³-hybridized carbons (Fsp3) is 0.571. The van der Waals surface area contributed by atoms with Gasteiger partial charge in [0, 0.05) is 24.2 Å². The van der Waals surface area contributed by atoms with Crippen LogP contribution in [0.1, 0.15) is 4.88 Å². The average Bonchev–Trinajstić information content (AvgIpc) is 2.29. The molecule has 0 spiro atoms. The first-order valence-corrected chi connectivity index (χ1v) is 4.43. The van der Waals surface area contributed by atoms with Gasteiger partial charge in [-0.25, -0.2) is 4.98 Å². The van der Waals surface area contributed by atoms with Gasteiger partial charge in [0.2, 0.25) is 0 Å². The number of aliphatic hydroxyl groups excluding tert-OH is 1. The predicted molar refractivity (Wildman–Crippen MR) is 45.1 cm³/mol. The van der Waals surface area contributed by atoms with Crippen LogP contribution in [0.15, 0.2) is 6.20 Å². The maximum atomic E-state index is 9.02. The molecule has 2 rings (SSSR count). The fourth-order valence-electron chi connectivity index (χ4n) is 1.10. The van der Waals surface area contributed by atoms with Gasteiger partial charge < -0.3 is 10.0 Å². The zero-order valence-corrected chi connectivity index (χ0v) is 7.14. The van der Waals surface area contributed by atoms with Crippen molar-refractivity contribution in [2.45, 2.75) is 13.0 Å². The molecule has 0 aliphatic carbocycles. The minimum atomic E-state index is -0.140. The van der Waals surface area contributed by atoms with Crippen LogP contribution in [0.2, 0.25) is 0 Å². The van der Waals surface area contributed by atoms with Crippen LogP contribution in [-0.2, 0) is 0 Å². The summed E-state index contributed by atoms with van der Waals surface area (Å²) in [5, 5.41) is 10.1. The molecule has 1 aromatic heterocycles. The van der Waals surface area contributed by atoms with E-state index in [1.165, 1.54) is 4.88 Å². The van der Waals surface area contributed by atoms with E-state index in [1.54, 1.807) is 11.3 Å². The molecule has 0 saturated carbocycles. The molecule has 2 heterocycles. The molecule has 3 nitrogen and oxygen atoms in total. The lowest BCUT2D eigenvalue weighted by Crippen LogP contribution is -2.50. The van der Waals surface area contributed by atoms with E-state index in [9.17, 15) is 0 Å². The molecular weight excluding hydrogens is 160 g/mol. The van der Waals surface area contributed by atoms with E-state index < -0.39 is 0 Å². The van der Waals surface area contributed by atoms with Crippen LogP contribution >= 0.6 is 11.3 Å². The molecule has 0 bridgehead atoms. The molecule has 11 heavy (non-hydrogen) atoms. The lowest BCUT2D eigenvalue weighted by Gasteiger charge is -2.35. The van der Waals surface area contributed by atoms with E-state index >= 15 is 0 Å². The Bertz CT molecular complexity index is 255. The second-order valence-corrected chi connectivity index (χ2v) is 4.03. The van der Waals surface area contributed by atoms with Crippen molar-refractivity contribution in [3.63, 3.8) is 0 Å². The Morgan fingerprint density at radius 3 is 2.91 bits per heavy atom. The Hall–Kier alpha value is -0.610. The summed E-state index contributed by atoms with van der Waals surface area (Å²) in [6.07, 6.45) is 1.73. The van der Waals surface area contributed by atoms with Crippen molar-refractivity contribution in [2.24, 2.45) is 0 Å². The number of aromatic nitrogens is 1. The van der Waals surface area contributed by atoms with Gasteiger partial charge in [-0.05, 0) is 6.92 Å². The average molecular weight is 170 g/mol. The van der Waals surface area contributed by atoms with Crippen LogP contribution in [0.5, 0.6) is 0 Å². The molecule has 1 fully saturated rings. The van der Waals surface area contributed by atoms with Crippen molar-refractivity contribution in [3.8, 4) is 0 Å². The molecule has 1 aromatic rings. The second kappa shape index (κ2) is 2.46. The summed E-state index contributed by atoms with van der Waals surface area (Å²) >= 11 is 1.68. The Balaban J connectivity index is 2.07. The fourth-order valence-corrected chi connectivity index (χ4v) is 1.88. The Morgan fingerprint density at radius 1 is 1.73 bits per heavy atom. The Labute approximate surface area is 69.3 Å². The molecule has 0 amide bonds. The highest BCUT2D eigenvalue weighted by Crippen LogP contribution is 2.25. The van der Waals surface area contributed by atoms with E-state index in [-0.39, 0.29) is 6.10 Å². The Kier molecular flexibility index (Phi) is 1.58. The highest BCUT2D eigenvalue weighted by atomic mass is 32.1. The predicted octanol–water partition coefficient (Wildman–Crippen LogP) is 0.632. The van der Waals surface area contributed by atoms with Gasteiger partial charge in [0.1, 0.15) is 0 Å². The Morgan fingerprint density at radius 2 is 2.45 bits per heavy atom. The lowest BCUT2D eigenvalue weighted by molar-refractivity contribution is 0.142. The summed E-state index contributed by atoms with van der Waals surface area (Å²) in [5.74, 6) is 0. The summed E-state index contributed by atoms with van der Waals surface area (Å²) in [4.78, 5) is 7.51. The van der Waals surface area contributed by atoms with Crippen molar-refractivity contribution in [1.82, 2.24) is 4.98 Å². The number of rotatable bonds is 1. The smallest absolute Gasteiger partial charge is 0.185 e. The molecular formula is C7H10N2OS. The number of anilines is 1. The highest BCUT2D eigenvalue weighted by molar-refractivity contribution is 7.15. The molecule has 0 aromatic carbocycles. The van der Waals surface area contributed by atoms with Crippen LogP contribution in [-0.4, -0.2) is 29.3 Å². The van der Waals surface area contributed by atoms with Gasteiger partial charge in [0.05, 0.1) is 6.10 Å². The van der Waals surface area contributed by atoms with Crippen LogP contribution in [0, 0.1) is 6.92 Å². The monoisotopic (exact) mass is 170 g/mol. The van der Waals surface area contributed by atoms with Crippen LogP contribution in [0.3, 0.4) is 0 Å². The first-order valence-electron chi connectivity index (χ1n) is 3.61. The van der Waals surface area contributed by atoms with Gasteiger partial charge in [0.25, 0.3) is 0 Å². The molecule has 1 aliphatic rings. The van der Waals surface area contributed by atoms with Crippen molar-refractivity contribution in [3.05, 3.63) is 11.1 Å². The minimum absolute atomic E-state index is 0.140. The van der Waals surface area contributed by atoms with Crippen molar-refractivity contribution < 1.29 is 5.11 Å². The number of aliphatic hydroxyl groups is 1. The number of aryl methyl sites for hydroxylation is 1. The van der Waals surface area contributed by atoms with E-state index in [2.05, 4.69) is 9.88 Å². The van der Waals surface area contributed by atoms with E-state index in [0.29, 0.717) is 0 Å². The SMILES string of the molecule is Cc1cnc(N2CC(O)C2)s1. The second-order valence-electron chi connectivity index (χ2n) is 2.81. The number of hydrogen-bond acceptors (Lipinski definition) is 4. The molecule has 4 heteroatoms. The molecule has 1 N–H and O–H groups in total. The van der Waals surface area contributed by atoms with Gasteiger partial charge in [-0.1, -0.05) is 0 Å². The molecule has 1 saturated heterocycles. The third kappa shape index (κ3) is 1.23. The largest absolute Gasteiger partial charge is 0.389 e. The van der Waals surface area contributed by atoms with Crippen molar-refractivity contribution >= 4 is 16.5 Å². The van der Waals surface area contributed by atoms with Gasteiger partial charge in [-0.15, -0.1) is 11.3 Å². The summed E-state index contributed by atoms with van der Waals surface area (Å²) in [6, 6.07) is 0. The maximum absolute atomic E-state index is 9.02. The van der Waals surface area contributed by atoms with Gasteiger partial charge in [0.15, 0.2) is 5.13 Å². The molecule has 1 aliphatic heterocycles. The number of hydrogen-bond donors (Lipinski definition) is 1. The van der Waals surface area contributed by atoms with E-state index in [1.807, 2.05) is 13.1 Å². The van der Waals surface area contributed by atoms with Crippen molar-refractivity contribution in [2.75, 3.05) is 18.0 Å². The van der Waals surface area contributed by atoms with Crippen LogP contribution in [0.4, 0.5) is 5.13 Å². The lowest BCUT2D eigenvalue weighted by atomic mass is 10.2. The molecule has 60 valence electrons. The first kappa shape index (κ1) is 7.06. The first-order chi connectivity index (χ1) is 5.25. The summed E-state index contributed by atoms with van der Waals surface area (Å²) < 4.78 is 0. The summed E-state index contributed by atoms with van der Waals surface area (Å²) in [6.45, 7) is 3.53. The van der Waals surface area contributed by atoms with Crippen LogP contribution < -0.4 is 4.90 Å². The molecule has 0 atom stereocenters. The zero-order chi connectivity index (χ0) is 7.84. The third-order valence-corrected chi connectivity index (χ3v) is 2.72. The van der Waals surface area contributed by atoms with Crippen molar-refractivity contribution in [1.29, 1.82) is 0 Å². The standard InChI is InChI=1S/C7H10N2OS/c1-5-2-8-7(11-5)9-3-6(10)4-9/h2,6,10H,3-4H2,1H3. The molecule has 0 radical (unpaired) electrons. The maximum Gasteiger partial charge on any atom is 0.185 e. The third-order valence-electron chi connectivity index (χ3n) is 1.74. The van der Waals surface area contributed by atoms with E-state index in [4.69, 9.17) is 5.11 Å². The number of nitrogens with zero attached hydrogens (tertiary/aromatic N) is 2. The zero-order valence-electron chi connectivity index (χ0n) is 6.32. The summed E-state index contributed by atoms with van der Waals surface area (Å²) in [5.41, 5.74) is 0. The molecule has 0 unspecified atom stereocenters. The number of β-amino-alcohol motifs (C(OH)–C–C–N with tert-alkyl or cyclic N) is 1. The number of thiazole rings is 1. The topological polar surface area (TPSA) is 36.4 Å². The summed E-state index contributed by atoms with van der Waals surface area (Å²) in [7, 11) is 0. The van der Waals surface area contributed by atoms with Crippen LogP contribution in [0.25, 0.3) is 0 Å². The minimum Gasteiger partial charge on any atom is -0.389 e. The van der Waals surface area contributed by atoms with Gasteiger partial charge >= 0.3 is 0 Å².